The Balaban J connectivity index is 1.85. The molecular weight excluding hydrogens is 324 g/mol. The van der Waals surface area contributed by atoms with Crippen molar-refractivity contribution in [2.75, 3.05) is 26.2 Å². The Morgan fingerprint density at radius 2 is 1.73 bits per heavy atom. The first-order valence-corrected chi connectivity index (χ1v) is 9.49. The summed E-state index contributed by atoms with van der Waals surface area (Å²) < 4.78 is 5.53. The number of rotatable bonds is 8. The predicted octanol–water partition coefficient (Wildman–Crippen LogP) is 3.47. The molecule has 2 aromatic carbocycles. The zero-order valence-corrected chi connectivity index (χ0v) is 15.4. The zero-order valence-electron chi connectivity index (χ0n) is 15.4. The van der Waals surface area contributed by atoms with E-state index < -0.39 is 0 Å². The molecule has 4 heteroatoms. The van der Waals surface area contributed by atoms with Crippen molar-refractivity contribution in [3.63, 3.8) is 0 Å². The number of ether oxygens (including phenoxy) is 1. The number of hydrogen-bond acceptors (Lipinski definition) is 4. The Kier molecular flexibility index (Phi) is 6.42. The van der Waals surface area contributed by atoms with Crippen LogP contribution in [-0.2, 0) is 0 Å². The summed E-state index contributed by atoms with van der Waals surface area (Å²) in [7, 11) is 0. The molecule has 2 aromatic rings. The van der Waals surface area contributed by atoms with Crippen LogP contribution in [0.3, 0.4) is 0 Å². The lowest BCUT2D eigenvalue weighted by Crippen LogP contribution is -2.43. The van der Waals surface area contributed by atoms with Gasteiger partial charge < -0.3 is 15.4 Å². The smallest absolute Gasteiger partial charge is 0.171 e. The molecule has 2 atom stereocenters. The number of ketones is 1. The molecule has 0 aliphatic carbocycles. The van der Waals surface area contributed by atoms with Crippen molar-refractivity contribution in [1.82, 2.24) is 4.90 Å². The summed E-state index contributed by atoms with van der Waals surface area (Å²) in [5.41, 5.74) is 8.24. The number of carbonyl (C=O) groups is 1. The first-order chi connectivity index (χ1) is 12.7. The van der Waals surface area contributed by atoms with Crippen LogP contribution in [0.15, 0.2) is 54.6 Å². The van der Waals surface area contributed by atoms with Gasteiger partial charge in [-0.2, -0.15) is 0 Å². The second-order valence-electron chi connectivity index (χ2n) is 6.88. The fourth-order valence-corrected chi connectivity index (χ4v) is 3.68. The molecule has 26 heavy (non-hydrogen) atoms. The van der Waals surface area contributed by atoms with Crippen molar-refractivity contribution in [3.8, 4) is 5.75 Å². The molecular formula is C22H28N2O2. The maximum Gasteiger partial charge on any atom is 0.171 e. The maximum atomic E-state index is 13.2. The van der Waals surface area contributed by atoms with E-state index in [-0.39, 0.29) is 17.7 Å². The van der Waals surface area contributed by atoms with Gasteiger partial charge in [-0.3, -0.25) is 4.79 Å². The highest BCUT2D eigenvalue weighted by Gasteiger charge is 2.30. The summed E-state index contributed by atoms with van der Waals surface area (Å²) in [5.74, 6) is 0.547. The minimum absolute atomic E-state index is 0.0847. The Labute approximate surface area is 156 Å². The lowest BCUT2D eigenvalue weighted by molar-refractivity contribution is 0.0939. The van der Waals surface area contributed by atoms with Gasteiger partial charge in [0.15, 0.2) is 5.78 Å². The molecule has 3 rings (SSSR count). The topological polar surface area (TPSA) is 55.6 Å². The van der Waals surface area contributed by atoms with Crippen molar-refractivity contribution in [2.24, 2.45) is 5.73 Å². The molecule has 0 unspecified atom stereocenters. The average Bonchev–Trinajstić information content (AvgIpc) is 3.17. The Morgan fingerprint density at radius 3 is 2.35 bits per heavy atom. The van der Waals surface area contributed by atoms with E-state index in [9.17, 15) is 4.79 Å². The molecule has 1 fully saturated rings. The number of Topliss-reactive ketones (excluding diaryl/α,β-unsaturated/α-hetero) is 1. The fraction of sp³-hybridized carbons (Fsp3) is 0.409. The highest BCUT2D eigenvalue weighted by molar-refractivity contribution is 6.01. The van der Waals surface area contributed by atoms with E-state index in [0.29, 0.717) is 12.2 Å². The Morgan fingerprint density at radius 1 is 1.08 bits per heavy atom. The number of likely N-dealkylation sites (tertiary alicyclic amines) is 1. The summed E-state index contributed by atoms with van der Waals surface area (Å²) >= 11 is 0. The molecule has 138 valence electrons. The second-order valence-corrected chi connectivity index (χ2v) is 6.88. The van der Waals surface area contributed by atoms with Gasteiger partial charge in [-0.05, 0) is 50.6 Å². The van der Waals surface area contributed by atoms with Gasteiger partial charge in [0, 0.05) is 18.2 Å². The van der Waals surface area contributed by atoms with Gasteiger partial charge in [-0.15, -0.1) is 0 Å². The monoisotopic (exact) mass is 352 g/mol. The van der Waals surface area contributed by atoms with Gasteiger partial charge in [0.05, 0.1) is 12.5 Å². The highest BCUT2D eigenvalue weighted by Crippen LogP contribution is 2.27. The highest BCUT2D eigenvalue weighted by atomic mass is 16.5. The first kappa shape index (κ1) is 18.6. The van der Waals surface area contributed by atoms with E-state index in [1.807, 2.05) is 61.5 Å². The lowest BCUT2D eigenvalue weighted by atomic mass is 9.84. The quantitative estimate of drug-likeness (QED) is 0.739. The van der Waals surface area contributed by atoms with Gasteiger partial charge in [0.25, 0.3) is 0 Å². The van der Waals surface area contributed by atoms with E-state index in [1.54, 1.807) is 0 Å². The number of hydrogen-bond donors (Lipinski definition) is 1. The van der Waals surface area contributed by atoms with Crippen LogP contribution < -0.4 is 10.5 Å². The van der Waals surface area contributed by atoms with Crippen molar-refractivity contribution >= 4 is 5.78 Å². The van der Waals surface area contributed by atoms with E-state index in [0.717, 1.165) is 30.9 Å². The van der Waals surface area contributed by atoms with Crippen LogP contribution in [0.1, 0.15) is 41.6 Å². The third-order valence-corrected chi connectivity index (χ3v) is 4.99. The summed E-state index contributed by atoms with van der Waals surface area (Å²) in [6.07, 6.45) is 2.43. The largest absolute Gasteiger partial charge is 0.494 e. The van der Waals surface area contributed by atoms with Gasteiger partial charge in [-0.25, -0.2) is 0 Å². The van der Waals surface area contributed by atoms with Crippen molar-refractivity contribution in [3.05, 3.63) is 65.7 Å². The summed E-state index contributed by atoms with van der Waals surface area (Å²) in [5, 5.41) is 0. The average molecular weight is 352 g/mol. The van der Waals surface area contributed by atoms with Crippen LogP contribution in [0.2, 0.25) is 0 Å². The molecule has 1 saturated heterocycles. The van der Waals surface area contributed by atoms with Gasteiger partial charge >= 0.3 is 0 Å². The summed E-state index contributed by atoms with van der Waals surface area (Å²) in [4.78, 5) is 15.6. The third kappa shape index (κ3) is 4.51. The first-order valence-electron chi connectivity index (χ1n) is 9.49. The number of nitrogens with two attached hydrogens (primary N) is 1. The molecule has 4 nitrogen and oxygen atoms in total. The SMILES string of the molecule is CCOc1ccc([C@@H](C(=O)c2ccccc2)[C@H](N)CN2CCCC2)cc1. The molecule has 0 aromatic heterocycles. The van der Waals surface area contributed by atoms with Crippen molar-refractivity contribution in [2.45, 2.75) is 31.7 Å². The van der Waals surface area contributed by atoms with Gasteiger partial charge in [0.2, 0.25) is 0 Å². The minimum Gasteiger partial charge on any atom is -0.494 e. The Bertz CT molecular complexity index is 694. The molecule has 1 heterocycles. The molecule has 0 saturated carbocycles. The number of nitrogens with zero attached hydrogens (tertiary/aromatic N) is 1. The molecule has 0 radical (unpaired) electrons. The van der Waals surface area contributed by atoms with E-state index in [1.165, 1.54) is 12.8 Å². The second kappa shape index (κ2) is 8.97. The zero-order chi connectivity index (χ0) is 18.4. The normalized spacial score (nSPS) is 17.0. The Hall–Kier alpha value is -2.17. The fourth-order valence-electron chi connectivity index (χ4n) is 3.68. The van der Waals surface area contributed by atoms with Gasteiger partial charge in [0.1, 0.15) is 5.75 Å². The molecule has 0 amide bonds. The molecule has 1 aliphatic heterocycles. The number of benzene rings is 2. The predicted molar refractivity (Wildman–Crippen MR) is 105 cm³/mol. The maximum absolute atomic E-state index is 13.2. The third-order valence-electron chi connectivity index (χ3n) is 4.99. The molecule has 2 N–H and O–H groups in total. The van der Waals surface area contributed by atoms with Crippen LogP contribution in [0.4, 0.5) is 0 Å². The van der Waals surface area contributed by atoms with Crippen LogP contribution in [0.25, 0.3) is 0 Å². The van der Waals surface area contributed by atoms with Crippen LogP contribution >= 0.6 is 0 Å². The van der Waals surface area contributed by atoms with E-state index >= 15 is 0 Å². The van der Waals surface area contributed by atoms with Crippen LogP contribution in [0, 0.1) is 0 Å². The summed E-state index contributed by atoms with van der Waals surface area (Å²) in [6, 6.07) is 17.0. The molecule has 1 aliphatic rings. The minimum atomic E-state index is -0.353. The van der Waals surface area contributed by atoms with E-state index in [4.69, 9.17) is 10.5 Å². The van der Waals surface area contributed by atoms with E-state index in [2.05, 4.69) is 4.90 Å². The van der Waals surface area contributed by atoms with Crippen LogP contribution in [-0.4, -0.2) is 43.0 Å². The number of carbonyl (C=O) groups excluding carboxylic acids is 1. The van der Waals surface area contributed by atoms with Crippen molar-refractivity contribution in [1.29, 1.82) is 0 Å². The summed E-state index contributed by atoms with van der Waals surface area (Å²) in [6.45, 7) is 5.48. The molecule has 0 spiro atoms. The molecule has 0 bridgehead atoms. The van der Waals surface area contributed by atoms with Crippen LogP contribution in [0.5, 0.6) is 5.75 Å². The van der Waals surface area contributed by atoms with Crippen molar-refractivity contribution < 1.29 is 9.53 Å². The standard InChI is InChI=1S/C22H28N2O2/c1-2-26-19-12-10-17(11-13-19)21(20(23)16-24-14-6-7-15-24)22(25)18-8-4-3-5-9-18/h3-5,8-13,20-21H,2,6-7,14-16,23H2,1H3/t20-,21-/m1/s1. The lowest BCUT2D eigenvalue weighted by Gasteiger charge is -2.27. The van der Waals surface area contributed by atoms with Gasteiger partial charge in [-0.1, -0.05) is 42.5 Å².